The average molecular weight is 324 g/mol. The van der Waals surface area contributed by atoms with Gasteiger partial charge in [0.05, 0.1) is 18.5 Å². The Kier molecular flexibility index (Phi) is 8.67. The molecule has 1 atom stereocenters. The highest BCUT2D eigenvalue weighted by Gasteiger charge is 2.25. The zero-order valence-electron chi connectivity index (χ0n) is 10.8. The predicted molar refractivity (Wildman–Crippen MR) is 78.3 cm³/mol. The highest BCUT2D eigenvalue weighted by molar-refractivity contribution is 5.85. The third-order valence-corrected chi connectivity index (χ3v) is 3.22. The molecule has 0 radical (unpaired) electrons. The minimum absolute atomic E-state index is 0. The molecule has 20 heavy (non-hydrogen) atoms. The zero-order chi connectivity index (χ0) is 13.0. The molecule has 0 aromatic heterocycles. The van der Waals surface area contributed by atoms with Crippen LogP contribution in [0.1, 0.15) is 18.0 Å². The first kappa shape index (κ1) is 19.1. The van der Waals surface area contributed by atoms with Crippen LogP contribution in [0.15, 0.2) is 18.2 Å². The molecule has 0 bridgehead atoms. The second kappa shape index (κ2) is 9.09. The van der Waals surface area contributed by atoms with Gasteiger partial charge in [0.15, 0.2) is 11.6 Å². The number of halogens is 4. The Morgan fingerprint density at radius 3 is 2.50 bits per heavy atom. The van der Waals surface area contributed by atoms with E-state index in [9.17, 15) is 8.78 Å². The number of piperazine rings is 1. The summed E-state index contributed by atoms with van der Waals surface area (Å²) in [6.07, 6.45) is 0.167. The summed E-state index contributed by atoms with van der Waals surface area (Å²) in [5.41, 5.74) is 0.276. The number of nitrogens with zero attached hydrogens (tertiary/aromatic N) is 2. The molecule has 1 saturated heterocycles. The monoisotopic (exact) mass is 323 g/mol. The lowest BCUT2D eigenvalue weighted by Crippen LogP contribution is -2.45. The Hall–Kier alpha value is -0.930. The fourth-order valence-electron chi connectivity index (χ4n) is 2.29. The number of nitriles is 1. The van der Waals surface area contributed by atoms with Gasteiger partial charge < -0.3 is 5.32 Å². The summed E-state index contributed by atoms with van der Waals surface area (Å²) in [5, 5.41) is 12.1. The highest BCUT2D eigenvalue weighted by Crippen LogP contribution is 2.27. The molecule has 1 aromatic rings. The van der Waals surface area contributed by atoms with Gasteiger partial charge in [-0.1, -0.05) is 12.1 Å². The van der Waals surface area contributed by atoms with Crippen molar-refractivity contribution in [2.24, 2.45) is 0 Å². The summed E-state index contributed by atoms with van der Waals surface area (Å²) in [6.45, 7) is 3.09. The summed E-state index contributed by atoms with van der Waals surface area (Å²) in [7, 11) is 0. The first-order chi connectivity index (χ1) is 8.74. The Morgan fingerprint density at radius 1 is 1.25 bits per heavy atom. The van der Waals surface area contributed by atoms with Crippen molar-refractivity contribution in [2.75, 3.05) is 26.2 Å². The van der Waals surface area contributed by atoms with Crippen LogP contribution < -0.4 is 5.32 Å². The van der Waals surface area contributed by atoms with Crippen molar-refractivity contribution in [3.63, 3.8) is 0 Å². The predicted octanol–water partition coefficient (Wildman–Crippen LogP) is 2.67. The summed E-state index contributed by atoms with van der Waals surface area (Å²) >= 11 is 0. The maximum absolute atomic E-state index is 13.8. The van der Waals surface area contributed by atoms with Crippen LogP contribution in [-0.4, -0.2) is 31.1 Å². The van der Waals surface area contributed by atoms with E-state index in [1.807, 2.05) is 4.90 Å². The van der Waals surface area contributed by atoms with Crippen molar-refractivity contribution in [1.82, 2.24) is 10.2 Å². The molecule has 2 rings (SSSR count). The number of hydrogen-bond acceptors (Lipinski definition) is 3. The quantitative estimate of drug-likeness (QED) is 0.929. The normalized spacial score (nSPS) is 16.4. The highest BCUT2D eigenvalue weighted by atomic mass is 35.5. The van der Waals surface area contributed by atoms with Crippen LogP contribution in [0, 0.1) is 23.0 Å². The van der Waals surface area contributed by atoms with Crippen molar-refractivity contribution in [3.05, 3.63) is 35.4 Å². The van der Waals surface area contributed by atoms with Gasteiger partial charge in [-0.15, -0.1) is 24.8 Å². The van der Waals surface area contributed by atoms with Gasteiger partial charge in [-0.25, -0.2) is 8.78 Å². The molecule has 0 aliphatic carbocycles. The van der Waals surface area contributed by atoms with Crippen LogP contribution in [-0.2, 0) is 0 Å². The Morgan fingerprint density at radius 2 is 1.90 bits per heavy atom. The van der Waals surface area contributed by atoms with Gasteiger partial charge >= 0.3 is 0 Å². The fourth-order valence-corrected chi connectivity index (χ4v) is 2.29. The molecular formula is C13H17Cl2F2N3. The minimum atomic E-state index is -0.856. The van der Waals surface area contributed by atoms with Crippen molar-refractivity contribution in [3.8, 4) is 6.07 Å². The number of nitrogens with one attached hydrogen (secondary N) is 1. The van der Waals surface area contributed by atoms with E-state index in [1.165, 1.54) is 6.07 Å². The topological polar surface area (TPSA) is 39.1 Å². The summed E-state index contributed by atoms with van der Waals surface area (Å²) < 4.78 is 27.1. The number of benzene rings is 1. The van der Waals surface area contributed by atoms with Crippen LogP contribution in [0.4, 0.5) is 8.78 Å². The number of hydrogen-bond donors (Lipinski definition) is 1. The lowest BCUT2D eigenvalue weighted by Gasteiger charge is -2.34. The first-order valence-electron chi connectivity index (χ1n) is 5.99. The fraction of sp³-hybridized carbons (Fsp3) is 0.462. The van der Waals surface area contributed by atoms with E-state index < -0.39 is 11.6 Å². The molecular weight excluding hydrogens is 307 g/mol. The molecule has 1 N–H and O–H groups in total. The standard InChI is InChI=1S/C13H15F2N3.2ClH/c14-11-3-1-2-10(13(11)15)12(4-5-16)18-8-6-17-7-9-18;;/h1-3,12,17H,4,6-9H2;2*1H/t12-;;/m0../s1. The van der Waals surface area contributed by atoms with Gasteiger partial charge in [0.2, 0.25) is 0 Å². The van der Waals surface area contributed by atoms with E-state index in [4.69, 9.17) is 5.26 Å². The molecule has 1 heterocycles. The largest absolute Gasteiger partial charge is 0.314 e. The van der Waals surface area contributed by atoms with Gasteiger partial charge in [-0.05, 0) is 6.07 Å². The SMILES string of the molecule is Cl.Cl.N#CC[C@@H](c1cccc(F)c1F)N1CCNCC1. The van der Waals surface area contributed by atoms with Crippen LogP contribution >= 0.6 is 24.8 Å². The van der Waals surface area contributed by atoms with E-state index in [2.05, 4.69) is 11.4 Å². The van der Waals surface area contributed by atoms with Gasteiger partial charge in [-0.2, -0.15) is 5.26 Å². The van der Waals surface area contributed by atoms with Crippen molar-refractivity contribution in [1.29, 1.82) is 5.26 Å². The molecule has 7 heteroatoms. The molecule has 0 saturated carbocycles. The maximum atomic E-state index is 13.8. The molecule has 1 aliphatic rings. The summed E-state index contributed by atoms with van der Waals surface area (Å²) in [5.74, 6) is -1.69. The first-order valence-corrected chi connectivity index (χ1v) is 5.99. The van der Waals surface area contributed by atoms with Gasteiger partial charge in [0.1, 0.15) is 0 Å². The molecule has 3 nitrogen and oxygen atoms in total. The molecule has 0 amide bonds. The number of rotatable bonds is 3. The van der Waals surface area contributed by atoms with Crippen LogP contribution in [0.2, 0.25) is 0 Å². The van der Waals surface area contributed by atoms with Crippen LogP contribution in [0.5, 0.6) is 0 Å². The second-order valence-electron chi connectivity index (χ2n) is 4.31. The second-order valence-corrected chi connectivity index (χ2v) is 4.31. The van der Waals surface area contributed by atoms with Gasteiger partial charge in [0.25, 0.3) is 0 Å². The van der Waals surface area contributed by atoms with Crippen LogP contribution in [0.25, 0.3) is 0 Å². The third kappa shape index (κ3) is 4.29. The average Bonchev–Trinajstić information content (AvgIpc) is 2.41. The molecule has 1 aliphatic heterocycles. The van der Waals surface area contributed by atoms with E-state index in [-0.39, 0.29) is 42.8 Å². The lowest BCUT2D eigenvalue weighted by atomic mass is 10.0. The smallest absolute Gasteiger partial charge is 0.163 e. The van der Waals surface area contributed by atoms with Crippen molar-refractivity contribution < 1.29 is 8.78 Å². The molecule has 1 aromatic carbocycles. The molecule has 0 unspecified atom stereocenters. The summed E-state index contributed by atoms with van der Waals surface area (Å²) in [6, 6.07) is 5.83. The van der Waals surface area contributed by atoms with E-state index in [1.54, 1.807) is 6.07 Å². The molecule has 112 valence electrons. The zero-order valence-corrected chi connectivity index (χ0v) is 12.4. The van der Waals surface area contributed by atoms with E-state index in [0.29, 0.717) is 0 Å². The molecule has 0 spiro atoms. The Balaban J connectivity index is 0.00000180. The molecule has 1 fully saturated rings. The van der Waals surface area contributed by atoms with E-state index in [0.717, 1.165) is 32.2 Å². The minimum Gasteiger partial charge on any atom is -0.314 e. The maximum Gasteiger partial charge on any atom is 0.163 e. The van der Waals surface area contributed by atoms with E-state index >= 15 is 0 Å². The summed E-state index contributed by atoms with van der Waals surface area (Å²) in [4.78, 5) is 2.03. The lowest BCUT2D eigenvalue weighted by molar-refractivity contribution is 0.171. The van der Waals surface area contributed by atoms with Gasteiger partial charge in [-0.3, -0.25) is 4.90 Å². The van der Waals surface area contributed by atoms with Crippen molar-refractivity contribution >= 4 is 24.8 Å². The Labute approximate surface area is 129 Å². The van der Waals surface area contributed by atoms with Gasteiger partial charge in [0, 0.05) is 31.7 Å². The van der Waals surface area contributed by atoms with Crippen LogP contribution in [0.3, 0.4) is 0 Å². The Bertz CT molecular complexity index is 459. The van der Waals surface area contributed by atoms with Crippen molar-refractivity contribution in [2.45, 2.75) is 12.5 Å². The third-order valence-electron chi connectivity index (χ3n) is 3.22.